The van der Waals surface area contributed by atoms with Crippen molar-refractivity contribution in [2.24, 2.45) is 5.41 Å². The highest BCUT2D eigenvalue weighted by molar-refractivity contribution is 9.10. The van der Waals surface area contributed by atoms with Crippen LogP contribution in [0.3, 0.4) is 0 Å². The quantitative estimate of drug-likeness (QED) is 0.820. The summed E-state index contributed by atoms with van der Waals surface area (Å²) < 4.78 is 0.754. The van der Waals surface area contributed by atoms with Crippen LogP contribution in [0.15, 0.2) is 22.7 Å². The van der Waals surface area contributed by atoms with Gasteiger partial charge in [0.15, 0.2) is 0 Å². The molecule has 104 valence electrons. The zero-order chi connectivity index (χ0) is 14.0. The standard InChI is InChI=1S/C15H19BrClNO/c1-15(2)8-4-3-5-13(15)18-14(19)10-6-7-12(17)11(16)9-10/h6-7,9,13H,3-5,8H2,1-2H3,(H,18,19). The minimum absolute atomic E-state index is 0.0164. The molecule has 1 aromatic carbocycles. The van der Waals surface area contributed by atoms with Crippen LogP contribution >= 0.6 is 27.5 Å². The number of hydrogen-bond donors (Lipinski definition) is 1. The number of rotatable bonds is 2. The van der Waals surface area contributed by atoms with Gasteiger partial charge in [0.2, 0.25) is 0 Å². The smallest absolute Gasteiger partial charge is 0.251 e. The van der Waals surface area contributed by atoms with Gasteiger partial charge in [0.25, 0.3) is 5.91 Å². The van der Waals surface area contributed by atoms with Gasteiger partial charge in [-0.3, -0.25) is 4.79 Å². The van der Waals surface area contributed by atoms with Gasteiger partial charge in [0.1, 0.15) is 0 Å². The highest BCUT2D eigenvalue weighted by atomic mass is 79.9. The van der Waals surface area contributed by atoms with Crippen LogP contribution in [-0.4, -0.2) is 11.9 Å². The molecule has 2 nitrogen and oxygen atoms in total. The van der Waals surface area contributed by atoms with Gasteiger partial charge in [0, 0.05) is 16.1 Å². The lowest BCUT2D eigenvalue weighted by atomic mass is 9.73. The fraction of sp³-hybridized carbons (Fsp3) is 0.533. The molecule has 1 atom stereocenters. The van der Waals surface area contributed by atoms with Crippen molar-refractivity contribution in [2.45, 2.75) is 45.6 Å². The maximum Gasteiger partial charge on any atom is 0.251 e. The average Bonchev–Trinajstić information content (AvgIpc) is 2.35. The number of amides is 1. The maximum atomic E-state index is 12.3. The minimum atomic E-state index is -0.0164. The minimum Gasteiger partial charge on any atom is -0.349 e. The van der Waals surface area contributed by atoms with E-state index in [1.54, 1.807) is 18.2 Å². The molecule has 1 fully saturated rings. The summed E-state index contributed by atoms with van der Waals surface area (Å²) in [5, 5.41) is 3.79. The first-order valence-corrected chi connectivity index (χ1v) is 7.83. The Kier molecular flexibility index (Phi) is 4.57. The van der Waals surface area contributed by atoms with Gasteiger partial charge in [0.05, 0.1) is 5.02 Å². The molecule has 19 heavy (non-hydrogen) atoms. The van der Waals surface area contributed by atoms with Gasteiger partial charge in [-0.2, -0.15) is 0 Å². The molecule has 1 amide bonds. The molecule has 0 saturated heterocycles. The summed E-state index contributed by atoms with van der Waals surface area (Å²) in [6.45, 7) is 4.46. The maximum absolute atomic E-state index is 12.3. The van der Waals surface area contributed by atoms with Crippen molar-refractivity contribution in [1.29, 1.82) is 0 Å². The second-order valence-corrected chi connectivity index (χ2v) is 7.15. The lowest BCUT2D eigenvalue weighted by Crippen LogP contribution is -2.46. The fourth-order valence-corrected chi connectivity index (χ4v) is 3.14. The van der Waals surface area contributed by atoms with Gasteiger partial charge in [-0.25, -0.2) is 0 Å². The summed E-state index contributed by atoms with van der Waals surface area (Å²) in [6, 6.07) is 5.53. The molecule has 1 aromatic rings. The molecule has 1 saturated carbocycles. The number of hydrogen-bond acceptors (Lipinski definition) is 1. The molecule has 1 aliphatic carbocycles. The highest BCUT2D eigenvalue weighted by Crippen LogP contribution is 2.35. The van der Waals surface area contributed by atoms with E-state index < -0.39 is 0 Å². The third kappa shape index (κ3) is 3.51. The van der Waals surface area contributed by atoms with Gasteiger partial charge in [-0.1, -0.05) is 38.3 Å². The van der Waals surface area contributed by atoms with E-state index in [1.165, 1.54) is 19.3 Å². The van der Waals surface area contributed by atoms with E-state index in [2.05, 4.69) is 35.1 Å². The molecule has 0 radical (unpaired) electrons. The zero-order valence-corrected chi connectivity index (χ0v) is 13.6. The molecule has 0 heterocycles. The number of carbonyl (C=O) groups is 1. The molecule has 0 aromatic heterocycles. The van der Waals surface area contributed by atoms with Crippen molar-refractivity contribution in [3.63, 3.8) is 0 Å². The second-order valence-electron chi connectivity index (χ2n) is 5.89. The number of carbonyl (C=O) groups excluding carboxylic acids is 1. The van der Waals surface area contributed by atoms with Crippen molar-refractivity contribution >= 4 is 33.4 Å². The van der Waals surface area contributed by atoms with Crippen molar-refractivity contribution in [1.82, 2.24) is 5.32 Å². The summed E-state index contributed by atoms with van der Waals surface area (Å²) in [6.07, 6.45) is 4.68. The highest BCUT2D eigenvalue weighted by Gasteiger charge is 2.33. The third-order valence-corrected chi connectivity index (χ3v) is 5.21. The van der Waals surface area contributed by atoms with Gasteiger partial charge < -0.3 is 5.32 Å². The molecule has 1 N–H and O–H groups in total. The Balaban J connectivity index is 2.10. The SMILES string of the molecule is CC1(C)CCCCC1NC(=O)c1ccc(Cl)c(Br)c1. The molecular weight excluding hydrogens is 326 g/mol. The van der Waals surface area contributed by atoms with Crippen LogP contribution in [0, 0.1) is 5.41 Å². The van der Waals surface area contributed by atoms with Crippen molar-refractivity contribution < 1.29 is 4.79 Å². The van der Waals surface area contributed by atoms with Crippen molar-refractivity contribution in [3.05, 3.63) is 33.3 Å². The normalized spacial score (nSPS) is 22.0. The Morgan fingerprint density at radius 1 is 1.42 bits per heavy atom. The summed E-state index contributed by atoms with van der Waals surface area (Å²) >= 11 is 9.29. The van der Waals surface area contributed by atoms with Crippen LogP contribution in [0.25, 0.3) is 0 Å². The van der Waals surface area contributed by atoms with E-state index >= 15 is 0 Å². The Labute approximate surface area is 128 Å². The van der Waals surface area contributed by atoms with E-state index in [4.69, 9.17) is 11.6 Å². The predicted molar refractivity (Wildman–Crippen MR) is 82.7 cm³/mol. The lowest BCUT2D eigenvalue weighted by molar-refractivity contribution is 0.0853. The summed E-state index contributed by atoms with van der Waals surface area (Å²) in [7, 11) is 0. The van der Waals surface area contributed by atoms with Gasteiger partial charge in [-0.15, -0.1) is 0 Å². The van der Waals surface area contributed by atoms with Crippen LogP contribution < -0.4 is 5.32 Å². The Bertz CT molecular complexity index is 487. The first-order valence-electron chi connectivity index (χ1n) is 6.66. The van der Waals surface area contributed by atoms with E-state index in [9.17, 15) is 4.79 Å². The van der Waals surface area contributed by atoms with E-state index in [0.29, 0.717) is 10.6 Å². The summed E-state index contributed by atoms with van der Waals surface area (Å²) in [5.74, 6) is -0.0164. The largest absolute Gasteiger partial charge is 0.349 e. The van der Waals surface area contributed by atoms with E-state index in [-0.39, 0.29) is 17.4 Å². The van der Waals surface area contributed by atoms with Crippen LogP contribution in [-0.2, 0) is 0 Å². The average molecular weight is 345 g/mol. The van der Waals surface area contributed by atoms with Crippen LogP contribution in [0.1, 0.15) is 49.9 Å². The Morgan fingerprint density at radius 2 is 2.16 bits per heavy atom. The zero-order valence-electron chi connectivity index (χ0n) is 11.3. The lowest BCUT2D eigenvalue weighted by Gasteiger charge is -2.39. The topological polar surface area (TPSA) is 29.1 Å². The molecule has 1 aliphatic rings. The number of nitrogens with one attached hydrogen (secondary N) is 1. The Hall–Kier alpha value is -0.540. The predicted octanol–water partition coefficient (Wildman–Crippen LogP) is 4.80. The molecule has 0 aliphatic heterocycles. The van der Waals surface area contributed by atoms with E-state index in [0.717, 1.165) is 10.9 Å². The van der Waals surface area contributed by atoms with Crippen molar-refractivity contribution in [2.75, 3.05) is 0 Å². The van der Waals surface area contributed by atoms with Crippen LogP contribution in [0.2, 0.25) is 5.02 Å². The molecule has 0 bridgehead atoms. The van der Waals surface area contributed by atoms with Gasteiger partial charge >= 0.3 is 0 Å². The third-order valence-electron chi connectivity index (χ3n) is 3.99. The monoisotopic (exact) mass is 343 g/mol. The van der Waals surface area contributed by atoms with Gasteiger partial charge in [-0.05, 0) is 52.4 Å². The summed E-state index contributed by atoms with van der Waals surface area (Å²) in [5.41, 5.74) is 0.829. The molecule has 2 rings (SSSR count). The molecule has 4 heteroatoms. The fourth-order valence-electron chi connectivity index (χ4n) is 2.64. The molecular formula is C15H19BrClNO. The first kappa shape index (κ1) is 14.9. The summed E-state index contributed by atoms with van der Waals surface area (Å²) in [4.78, 5) is 12.3. The van der Waals surface area contributed by atoms with Crippen molar-refractivity contribution in [3.8, 4) is 0 Å². The number of halogens is 2. The molecule has 0 spiro atoms. The van der Waals surface area contributed by atoms with Crippen LogP contribution in [0.5, 0.6) is 0 Å². The Morgan fingerprint density at radius 3 is 2.79 bits per heavy atom. The van der Waals surface area contributed by atoms with E-state index in [1.807, 2.05) is 0 Å². The van der Waals surface area contributed by atoms with Crippen LogP contribution in [0.4, 0.5) is 0 Å². The second kappa shape index (κ2) is 5.84. The molecule has 1 unspecified atom stereocenters. The number of benzene rings is 1. The first-order chi connectivity index (χ1) is 8.90.